The minimum Gasteiger partial charge on any atom is -0.399 e. The van der Waals surface area contributed by atoms with Gasteiger partial charge in [0.15, 0.2) is 0 Å². The molecule has 1 heterocycles. The molecule has 0 aromatic heterocycles. The summed E-state index contributed by atoms with van der Waals surface area (Å²) < 4.78 is 0. The van der Waals surface area contributed by atoms with E-state index in [0.717, 1.165) is 31.6 Å². The molecule has 17 heavy (non-hydrogen) atoms. The third-order valence-electron chi connectivity index (χ3n) is 3.46. The van der Waals surface area contributed by atoms with E-state index >= 15 is 0 Å². The number of nitrogens with zero attached hydrogens (tertiary/aromatic N) is 1. The third-order valence-corrected chi connectivity index (χ3v) is 3.46. The number of carbonyl (C=O) groups excluding carboxylic acids is 1. The van der Waals surface area contributed by atoms with Gasteiger partial charge in [0.05, 0.1) is 0 Å². The highest BCUT2D eigenvalue weighted by Crippen LogP contribution is 2.27. The lowest BCUT2D eigenvalue weighted by Gasteiger charge is -2.33. The molecule has 1 saturated heterocycles. The van der Waals surface area contributed by atoms with Crippen molar-refractivity contribution in [1.82, 2.24) is 0 Å². The molecule has 1 fully saturated rings. The van der Waals surface area contributed by atoms with Crippen molar-refractivity contribution >= 4 is 17.3 Å². The summed E-state index contributed by atoms with van der Waals surface area (Å²) in [5.41, 5.74) is 14.2. The Labute approximate surface area is 102 Å². The van der Waals surface area contributed by atoms with Gasteiger partial charge in [0.25, 0.3) is 0 Å². The van der Waals surface area contributed by atoms with E-state index in [2.05, 4.69) is 17.9 Å². The molecule has 4 N–H and O–H groups in total. The van der Waals surface area contributed by atoms with E-state index in [0.29, 0.717) is 0 Å². The number of hydrogen-bond donors (Lipinski definition) is 2. The first-order valence-electron chi connectivity index (χ1n) is 5.98. The molecule has 0 aliphatic carbocycles. The fourth-order valence-corrected chi connectivity index (χ4v) is 2.44. The first kappa shape index (κ1) is 11.8. The lowest BCUT2D eigenvalue weighted by atomic mass is 9.95. The van der Waals surface area contributed by atoms with Gasteiger partial charge in [0.2, 0.25) is 5.91 Å². The van der Waals surface area contributed by atoms with Crippen LogP contribution in [0.5, 0.6) is 0 Å². The van der Waals surface area contributed by atoms with Gasteiger partial charge in [-0.25, -0.2) is 0 Å². The van der Waals surface area contributed by atoms with Gasteiger partial charge >= 0.3 is 0 Å². The van der Waals surface area contributed by atoms with Crippen molar-refractivity contribution in [2.75, 3.05) is 23.7 Å². The predicted octanol–water partition coefficient (Wildman–Crippen LogP) is 1.28. The summed E-state index contributed by atoms with van der Waals surface area (Å²) in [5.74, 6) is -0.126. The summed E-state index contributed by atoms with van der Waals surface area (Å²) in [4.78, 5) is 13.4. The number of amides is 1. The van der Waals surface area contributed by atoms with Crippen molar-refractivity contribution < 1.29 is 4.79 Å². The Kier molecular flexibility index (Phi) is 3.22. The highest BCUT2D eigenvalue weighted by molar-refractivity contribution is 5.77. The van der Waals surface area contributed by atoms with Crippen LogP contribution in [-0.2, 0) is 4.79 Å². The van der Waals surface area contributed by atoms with Gasteiger partial charge in [-0.05, 0) is 43.5 Å². The van der Waals surface area contributed by atoms with Gasteiger partial charge in [0, 0.05) is 30.4 Å². The largest absolute Gasteiger partial charge is 0.399 e. The Hall–Kier alpha value is -1.71. The van der Waals surface area contributed by atoms with E-state index in [-0.39, 0.29) is 11.8 Å². The van der Waals surface area contributed by atoms with Crippen LogP contribution >= 0.6 is 0 Å². The van der Waals surface area contributed by atoms with Crippen LogP contribution in [0.2, 0.25) is 0 Å². The van der Waals surface area contributed by atoms with Gasteiger partial charge in [-0.1, -0.05) is 0 Å². The van der Waals surface area contributed by atoms with Crippen molar-refractivity contribution in [3.63, 3.8) is 0 Å². The Morgan fingerprint density at radius 2 is 2.00 bits per heavy atom. The molecule has 0 radical (unpaired) electrons. The van der Waals surface area contributed by atoms with E-state index in [1.807, 2.05) is 12.1 Å². The monoisotopic (exact) mass is 233 g/mol. The van der Waals surface area contributed by atoms with E-state index < -0.39 is 0 Å². The normalized spacial score (nSPS) is 17.1. The molecule has 1 aromatic carbocycles. The highest BCUT2D eigenvalue weighted by Gasteiger charge is 2.23. The molecule has 4 nitrogen and oxygen atoms in total. The minimum absolute atomic E-state index is 0.0420. The number of piperidine rings is 1. The fourth-order valence-electron chi connectivity index (χ4n) is 2.44. The van der Waals surface area contributed by atoms with E-state index in [1.54, 1.807) is 0 Å². The number of carbonyl (C=O) groups is 1. The Morgan fingerprint density at radius 3 is 2.53 bits per heavy atom. The molecule has 0 saturated carbocycles. The number of nitrogens with two attached hydrogens (primary N) is 2. The average molecular weight is 233 g/mol. The van der Waals surface area contributed by atoms with Crippen LogP contribution in [0.25, 0.3) is 0 Å². The standard InChI is InChI=1S/C13H19N3O/c1-9-8-11(14)2-3-12(9)16-6-4-10(5-7-16)13(15)17/h2-3,8,10H,4-7,14H2,1H3,(H2,15,17). The molecular weight excluding hydrogens is 214 g/mol. The number of hydrogen-bond acceptors (Lipinski definition) is 3. The summed E-state index contributed by atoms with van der Waals surface area (Å²) >= 11 is 0. The molecule has 0 spiro atoms. The Balaban J connectivity index is 2.08. The van der Waals surface area contributed by atoms with Gasteiger partial charge in [-0.15, -0.1) is 0 Å². The number of anilines is 2. The van der Waals surface area contributed by atoms with E-state index in [4.69, 9.17) is 11.5 Å². The molecule has 0 unspecified atom stereocenters. The molecule has 1 aliphatic heterocycles. The molecule has 1 aromatic rings. The smallest absolute Gasteiger partial charge is 0.220 e. The number of primary amides is 1. The Morgan fingerprint density at radius 1 is 1.35 bits per heavy atom. The topological polar surface area (TPSA) is 72.3 Å². The van der Waals surface area contributed by atoms with Gasteiger partial charge in [0.1, 0.15) is 0 Å². The summed E-state index contributed by atoms with van der Waals surface area (Å²) in [6, 6.07) is 5.95. The van der Waals surface area contributed by atoms with Crippen LogP contribution in [0.4, 0.5) is 11.4 Å². The summed E-state index contributed by atoms with van der Waals surface area (Å²) in [7, 11) is 0. The second-order valence-electron chi connectivity index (χ2n) is 4.71. The van der Waals surface area contributed by atoms with Gasteiger partial charge in [-0.2, -0.15) is 0 Å². The lowest BCUT2D eigenvalue weighted by Crippen LogP contribution is -2.38. The second kappa shape index (κ2) is 4.65. The molecular formula is C13H19N3O. The lowest BCUT2D eigenvalue weighted by molar-refractivity contribution is -0.122. The zero-order chi connectivity index (χ0) is 12.4. The fraction of sp³-hybridized carbons (Fsp3) is 0.462. The molecule has 4 heteroatoms. The number of benzene rings is 1. The summed E-state index contributed by atoms with van der Waals surface area (Å²) in [5, 5.41) is 0. The van der Waals surface area contributed by atoms with Crippen molar-refractivity contribution in [2.24, 2.45) is 11.7 Å². The van der Waals surface area contributed by atoms with Crippen LogP contribution in [0.1, 0.15) is 18.4 Å². The van der Waals surface area contributed by atoms with Crippen molar-refractivity contribution in [1.29, 1.82) is 0 Å². The highest BCUT2D eigenvalue weighted by atomic mass is 16.1. The summed E-state index contributed by atoms with van der Waals surface area (Å²) in [6.45, 7) is 3.84. The molecule has 2 rings (SSSR count). The van der Waals surface area contributed by atoms with Crippen molar-refractivity contribution in [3.05, 3.63) is 23.8 Å². The first-order valence-corrected chi connectivity index (χ1v) is 5.98. The molecule has 1 aliphatic rings. The second-order valence-corrected chi connectivity index (χ2v) is 4.71. The molecule has 0 bridgehead atoms. The van der Waals surface area contributed by atoms with E-state index in [9.17, 15) is 4.79 Å². The maximum Gasteiger partial charge on any atom is 0.220 e. The molecule has 92 valence electrons. The van der Waals surface area contributed by atoms with Crippen LogP contribution < -0.4 is 16.4 Å². The quantitative estimate of drug-likeness (QED) is 0.756. The number of rotatable bonds is 2. The van der Waals surface area contributed by atoms with Gasteiger partial charge < -0.3 is 16.4 Å². The van der Waals surface area contributed by atoms with Crippen LogP contribution in [0.15, 0.2) is 18.2 Å². The molecule has 0 atom stereocenters. The zero-order valence-corrected chi connectivity index (χ0v) is 10.1. The van der Waals surface area contributed by atoms with E-state index in [1.165, 1.54) is 11.3 Å². The first-order chi connectivity index (χ1) is 8.08. The maximum absolute atomic E-state index is 11.1. The van der Waals surface area contributed by atoms with Crippen LogP contribution in [-0.4, -0.2) is 19.0 Å². The van der Waals surface area contributed by atoms with Crippen LogP contribution in [0.3, 0.4) is 0 Å². The minimum atomic E-state index is -0.168. The molecule has 1 amide bonds. The average Bonchev–Trinajstić information content (AvgIpc) is 2.29. The van der Waals surface area contributed by atoms with Crippen molar-refractivity contribution in [3.8, 4) is 0 Å². The number of nitrogen functional groups attached to an aromatic ring is 1. The van der Waals surface area contributed by atoms with Gasteiger partial charge in [-0.3, -0.25) is 4.79 Å². The van der Waals surface area contributed by atoms with Crippen molar-refractivity contribution in [2.45, 2.75) is 19.8 Å². The van der Waals surface area contributed by atoms with Crippen LogP contribution in [0, 0.1) is 12.8 Å². The number of aryl methyl sites for hydroxylation is 1. The Bertz CT molecular complexity index is 423. The zero-order valence-electron chi connectivity index (χ0n) is 10.1. The predicted molar refractivity (Wildman–Crippen MR) is 69.7 cm³/mol. The maximum atomic E-state index is 11.1. The third kappa shape index (κ3) is 2.52. The summed E-state index contributed by atoms with van der Waals surface area (Å²) in [6.07, 6.45) is 1.69. The SMILES string of the molecule is Cc1cc(N)ccc1N1CCC(C(N)=O)CC1.